The summed E-state index contributed by atoms with van der Waals surface area (Å²) in [6, 6.07) is 7.02. The van der Waals surface area contributed by atoms with E-state index in [-0.39, 0.29) is 11.6 Å². The second-order valence-corrected chi connectivity index (χ2v) is 5.02. The Bertz CT molecular complexity index is 762. The van der Waals surface area contributed by atoms with Gasteiger partial charge in [0.25, 0.3) is 11.5 Å². The minimum atomic E-state index is -0.425. The molecular formula is C15H16N2O4. The predicted octanol–water partition coefficient (Wildman–Crippen LogP) is 1.64. The van der Waals surface area contributed by atoms with E-state index >= 15 is 0 Å². The van der Waals surface area contributed by atoms with Crippen molar-refractivity contribution in [1.82, 2.24) is 10.0 Å². The molecule has 1 aliphatic rings. The molecule has 2 aromatic rings. The zero-order valence-corrected chi connectivity index (χ0v) is 11.9. The molecule has 6 nitrogen and oxygen atoms in total. The molecule has 0 spiro atoms. The number of nitrogens with one attached hydrogen (secondary N) is 1. The van der Waals surface area contributed by atoms with Crippen molar-refractivity contribution >= 4 is 16.7 Å². The zero-order valence-electron chi connectivity index (χ0n) is 11.9. The van der Waals surface area contributed by atoms with Gasteiger partial charge >= 0.3 is 0 Å². The number of ether oxygens (including phenoxy) is 1. The van der Waals surface area contributed by atoms with Crippen LogP contribution in [-0.2, 0) is 4.84 Å². The Morgan fingerprint density at radius 2 is 2.05 bits per heavy atom. The zero-order chi connectivity index (χ0) is 15.0. The monoisotopic (exact) mass is 288 g/mol. The fourth-order valence-electron chi connectivity index (χ4n) is 2.45. The average Bonchev–Trinajstić information content (AvgIpc) is 3.31. The van der Waals surface area contributed by atoms with E-state index < -0.39 is 5.91 Å². The fraction of sp³-hybridized carbons (Fsp3) is 0.333. The normalized spacial score (nSPS) is 14.2. The molecule has 0 unspecified atom stereocenters. The van der Waals surface area contributed by atoms with Crippen LogP contribution >= 0.6 is 0 Å². The van der Waals surface area contributed by atoms with Gasteiger partial charge in [0.1, 0.15) is 11.4 Å². The number of hydrogen-bond donors (Lipinski definition) is 1. The van der Waals surface area contributed by atoms with Crippen LogP contribution in [0.3, 0.4) is 0 Å². The number of aromatic nitrogens is 1. The number of pyridine rings is 1. The summed E-state index contributed by atoms with van der Waals surface area (Å²) in [4.78, 5) is 29.4. The number of methoxy groups -OCH3 is 1. The maximum atomic E-state index is 12.6. The second kappa shape index (κ2) is 5.21. The maximum Gasteiger partial charge on any atom is 0.291 e. The Labute approximate surface area is 121 Å². The number of carbonyl (C=O) groups excluding carboxylic acids is 1. The first kappa shape index (κ1) is 13.6. The van der Waals surface area contributed by atoms with E-state index in [0.29, 0.717) is 22.2 Å². The van der Waals surface area contributed by atoms with Gasteiger partial charge in [-0.3, -0.25) is 14.4 Å². The molecule has 110 valence electrons. The van der Waals surface area contributed by atoms with Crippen LogP contribution in [0.25, 0.3) is 10.8 Å². The van der Waals surface area contributed by atoms with Crippen molar-refractivity contribution in [1.29, 1.82) is 0 Å². The number of benzene rings is 1. The van der Waals surface area contributed by atoms with Crippen LogP contribution in [-0.4, -0.2) is 24.7 Å². The van der Waals surface area contributed by atoms with Crippen LogP contribution in [0.2, 0.25) is 0 Å². The molecule has 6 heteroatoms. The predicted molar refractivity (Wildman–Crippen MR) is 77.5 cm³/mol. The highest BCUT2D eigenvalue weighted by molar-refractivity contribution is 5.96. The van der Waals surface area contributed by atoms with E-state index in [1.54, 1.807) is 35.9 Å². The highest BCUT2D eigenvalue weighted by atomic mass is 16.6. The van der Waals surface area contributed by atoms with Crippen molar-refractivity contribution in [3.8, 4) is 5.75 Å². The molecule has 1 fully saturated rings. The first-order valence-corrected chi connectivity index (χ1v) is 6.72. The second-order valence-electron chi connectivity index (χ2n) is 5.02. The fourth-order valence-corrected chi connectivity index (χ4v) is 2.45. The molecule has 1 N–H and O–H groups in total. The number of rotatable bonds is 4. The number of carbonyl (C=O) groups is 1. The lowest BCUT2D eigenvalue weighted by Gasteiger charge is -2.13. The first-order chi connectivity index (χ1) is 10.2. The van der Waals surface area contributed by atoms with E-state index in [1.807, 2.05) is 0 Å². The van der Waals surface area contributed by atoms with E-state index in [0.717, 1.165) is 12.8 Å². The summed E-state index contributed by atoms with van der Waals surface area (Å²) in [6.45, 7) is 0. The molecule has 21 heavy (non-hydrogen) atoms. The average molecular weight is 288 g/mol. The van der Waals surface area contributed by atoms with E-state index in [4.69, 9.17) is 4.74 Å². The van der Waals surface area contributed by atoms with Gasteiger partial charge in [-0.05, 0) is 42.5 Å². The molecule has 3 rings (SSSR count). The minimum Gasteiger partial charge on any atom is -0.497 e. The van der Waals surface area contributed by atoms with Crippen LogP contribution in [0.5, 0.6) is 5.75 Å². The molecule has 0 atom stereocenters. The Balaban J connectivity index is 2.25. The molecule has 0 radical (unpaired) electrons. The summed E-state index contributed by atoms with van der Waals surface area (Å²) in [5.41, 5.74) is 2.43. The maximum absolute atomic E-state index is 12.6. The molecule has 1 aliphatic carbocycles. The lowest BCUT2D eigenvalue weighted by Crippen LogP contribution is -2.31. The molecule has 1 aromatic heterocycles. The summed E-state index contributed by atoms with van der Waals surface area (Å²) in [5, 5.41) is 1.26. The van der Waals surface area contributed by atoms with Gasteiger partial charge in [0, 0.05) is 11.4 Å². The van der Waals surface area contributed by atoms with Crippen LogP contribution in [0.1, 0.15) is 29.4 Å². The smallest absolute Gasteiger partial charge is 0.291 e. The van der Waals surface area contributed by atoms with E-state index in [1.165, 1.54) is 7.11 Å². The highest BCUT2D eigenvalue weighted by Gasteiger charge is 2.29. The largest absolute Gasteiger partial charge is 0.497 e. The minimum absolute atomic E-state index is 0.0987. The summed E-state index contributed by atoms with van der Waals surface area (Å²) in [7, 11) is 2.92. The summed E-state index contributed by atoms with van der Waals surface area (Å²) < 4.78 is 6.72. The summed E-state index contributed by atoms with van der Waals surface area (Å²) in [5.74, 6) is 0.218. The third kappa shape index (κ3) is 2.38. The van der Waals surface area contributed by atoms with E-state index in [9.17, 15) is 9.59 Å². The molecule has 1 saturated carbocycles. The number of fused-ring (bicyclic) bond motifs is 1. The Hall–Kier alpha value is -2.34. The molecule has 1 heterocycles. The Morgan fingerprint density at radius 1 is 1.29 bits per heavy atom. The quantitative estimate of drug-likeness (QED) is 0.868. The third-order valence-electron chi connectivity index (χ3n) is 3.60. The van der Waals surface area contributed by atoms with Crippen molar-refractivity contribution in [2.75, 3.05) is 14.2 Å². The van der Waals surface area contributed by atoms with Gasteiger partial charge in [0.15, 0.2) is 0 Å². The van der Waals surface area contributed by atoms with Gasteiger partial charge in [0.2, 0.25) is 0 Å². The third-order valence-corrected chi connectivity index (χ3v) is 3.60. The summed E-state index contributed by atoms with van der Waals surface area (Å²) in [6.07, 6.45) is 1.82. The first-order valence-electron chi connectivity index (χ1n) is 6.72. The topological polar surface area (TPSA) is 69.6 Å². The lowest BCUT2D eigenvalue weighted by molar-refractivity contribution is 0.0526. The Morgan fingerprint density at radius 3 is 2.67 bits per heavy atom. The van der Waals surface area contributed by atoms with Crippen molar-refractivity contribution in [3.05, 3.63) is 40.3 Å². The van der Waals surface area contributed by atoms with Gasteiger partial charge in [0.05, 0.1) is 14.2 Å². The number of hydrogen-bond acceptors (Lipinski definition) is 4. The van der Waals surface area contributed by atoms with Gasteiger partial charge in [-0.15, -0.1) is 0 Å². The van der Waals surface area contributed by atoms with Crippen LogP contribution < -0.4 is 15.8 Å². The van der Waals surface area contributed by atoms with Gasteiger partial charge in [-0.1, -0.05) is 0 Å². The number of amides is 1. The Kier molecular flexibility index (Phi) is 3.39. The van der Waals surface area contributed by atoms with Gasteiger partial charge in [-0.25, -0.2) is 5.48 Å². The molecule has 1 aromatic carbocycles. The van der Waals surface area contributed by atoms with Crippen molar-refractivity contribution in [2.24, 2.45) is 0 Å². The van der Waals surface area contributed by atoms with Gasteiger partial charge < -0.3 is 9.30 Å². The van der Waals surface area contributed by atoms with Crippen LogP contribution in [0.4, 0.5) is 0 Å². The molecule has 1 amide bonds. The summed E-state index contributed by atoms with van der Waals surface area (Å²) >= 11 is 0. The number of nitrogens with zero attached hydrogens (tertiary/aromatic N) is 1. The standard InChI is InChI=1S/C15H16N2O4/c1-20-11-5-6-12-9(7-11)8-13(14(18)16-21-2)17(15(12)19)10-3-4-10/h5-8,10H,3-4H2,1-2H3,(H,16,18). The van der Waals surface area contributed by atoms with Gasteiger partial charge in [-0.2, -0.15) is 0 Å². The highest BCUT2D eigenvalue weighted by Crippen LogP contribution is 2.35. The van der Waals surface area contributed by atoms with Crippen LogP contribution in [0.15, 0.2) is 29.1 Å². The SMILES string of the molecule is CONC(=O)c1cc2cc(OC)ccc2c(=O)n1C1CC1. The van der Waals surface area contributed by atoms with Crippen molar-refractivity contribution in [2.45, 2.75) is 18.9 Å². The molecule has 0 aliphatic heterocycles. The molecule has 0 saturated heterocycles. The molecular weight excluding hydrogens is 272 g/mol. The van der Waals surface area contributed by atoms with Crippen molar-refractivity contribution < 1.29 is 14.4 Å². The molecule has 0 bridgehead atoms. The lowest BCUT2D eigenvalue weighted by atomic mass is 10.1. The number of hydroxylamine groups is 1. The van der Waals surface area contributed by atoms with E-state index in [2.05, 4.69) is 10.3 Å². The van der Waals surface area contributed by atoms with Crippen molar-refractivity contribution in [3.63, 3.8) is 0 Å². The van der Waals surface area contributed by atoms with Crippen LogP contribution in [0, 0.1) is 0 Å².